The average Bonchev–Trinajstić information content (AvgIpc) is 3.10. The third kappa shape index (κ3) is 7.05. The van der Waals surface area contributed by atoms with Gasteiger partial charge in [-0.1, -0.05) is 48.5 Å². The topological polar surface area (TPSA) is 108 Å². The van der Waals surface area contributed by atoms with Crippen molar-refractivity contribution in [1.29, 1.82) is 0 Å². The summed E-state index contributed by atoms with van der Waals surface area (Å²) >= 11 is 0. The van der Waals surface area contributed by atoms with Crippen LogP contribution in [-0.4, -0.2) is 66.8 Å². The first kappa shape index (κ1) is 26.2. The number of aliphatic carboxylic acids is 1. The molecule has 1 aliphatic rings. The van der Waals surface area contributed by atoms with E-state index < -0.39 is 36.0 Å². The zero-order valence-electron chi connectivity index (χ0n) is 20.8. The fourth-order valence-corrected chi connectivity index (χ4v) is 4.49. The number of carboxylic acids is 1. The fourth-order valence-electron chi connectivity index (χ4n) is 4.49. The van der Waals surface area contributed by atoms with Gasteiger partial charge in [0.1, 0.15) is 12.6 Å². The maximum absolute atomic E-state index is 12.9. The third-order valence-electron chi connectivity index (χ3n) is 6.20. The van der Waals surface area contributed by atoms with Crippen LogP contribution in [0.25, 0.3) is 11.1 Å². The molecular weight excluding hydrogens is 446 g/mol. The highest BCUT2D eigenvalue weighted by atomic mass is 16.5. The predicted octanol–water partition coefficient (Wildman–Crippen LogP) is 3.61. The molecule has 3 rings (SSSR count). The molecule has 0 saturated carbocycles. The molecule has 35 heavy (non-hydrogen) atoms. The van der Waals surface area contributed by atoms with Gasteiger partial charge < -0.3 is 25.4 Å². The number of carbonyl (C=O) groups excluding carboxylic acids is 2. The first-order valence-corrected chi connectivity index (χ1v) is 11.9. The van der Waals surface area contributed by atoms with Gasteiger partial charge in [-0.25, -0.2) is 4.79 Å². The number of ether oxygens (including phenoxy) is 1. The number of nitrogens with zero attached hydrogens (tertiary/aromatic N) is 1. The number of amides is 2. The number of alkyl carbamates (subject to hydrolysis) is 1. The number of benzene rings is 2. The lowest BCUT2D eigenvalue weighted by Crippen LogP contribution is -2.54. The van der Waals surface area contributed by atoms with Crippen molar-refractivity contribution >= 4 is 18.0 Å². The van der Waals surface area contributed by atoms with E-state index >= 15 is 0 Å². The van der Waals surface area contributed by atoms with E-state index in [-0.39, 0.29) is 12.5 Å². The van der Waals surface area contributed by atoms with Crippen molar-refractivity contribution in [2.45, 2.75) is 50.6 Å². The smallest absolute Gasteiger partial charge is 0.407 e. The second-order valence-corrected chi connectivity index (χ2v) is 9.90. The SMILES string of the molecule is CN(C)CCCC(C)(C)NC(=O)C(CC(=O)O)NC(=O)OCC1c2ccccc2-c2ccccc21. The molecule has 188 valence electrons. The fraction of sp³-hybridized carbons (Fsp3) is 0.444. The predicted molar refractivity (Wildman–Crippen MR) is 134 cm³/mol. The van der Waals surface area contributed by atoms with Crippen LogP contribution in [0.1, 0.15) is 50.2 Å². The monoisotopic (exact) mass is 481 g/mol. The van der Waals surface area contributed by atoms with Gasteiger partial charge in [-0.15, -0.1) is 0 Å². The highest BCUT2D eigenvalue weighted by Gasteiger charge is 2.31. The van der Waals surface area contributed by atoms with Crippen LogP contribution >= 0.6 is 0 Å². The largest absolute Gasteiger partial charge is 0.481 e. The molecule has 0 spiro atoms. The first-order chi connectivity index (χ1) is 16.6. The number of fused-ring (bicyclic) bond motifs is 3. The second-order valence-electron chi connectivity index (χ2n) is 9.90. The Bertz CT molecular complexity index is 1020. The second kappa shape index (κ2) is 11.4. The minimum Gasteiger partial charge on any atom is -0.481 e. The van der Waals surface area contributed by atoms with Crippen molar-refractivity contribution in [3.05, 3.63) is 59.7 Å². The van der Waals surface area contributed by atoms with Crippen LogP contribution in [-0.2, 0) is 14.3 Å². The molecule has 0 saturated heterocycles. The molecule has 3 N–H and O–H groups in total. The normalized spacial score (nSPS) is 13.6. The van der Waals surface area contributed by atoms with E-state index in [0.29, 0.717) is 6.42 Å². The minimum atomic E-state index is -1.24. The van der Waals surface area contributed by atoms with E-state index in [9.17, 15) is 19.5 Å². The summed E-state index contributed by atoms with van der Waals surface area (Å²) in [6, 6.07) is 14.7. The summed E-state index contributed by atoms with van der Waals surface area (Å²) in [5.74, 6) is -1.86. The Morgan fingerprint density at radius 1 is 1.03 bits per heavy atom. The molecule has 2 amide bonds. The van der Waals surface area contributed by atoms with Crippen LogP contribution in [0.15, 0.2) is 48.5 Å². The molecular formula is C27H35N3O5. The molecule has 2 aromatic carbocycles. The Morgan fingerprint density at radius 3 is 2.14 bits per heavy atom. The zero-order valence-corrected chi connectivity index (χ0v) is 20.8. The number of carbonyl (C=O) groups is 3. The summed E-state index contributed by atoms with van der Waals surface area (Å²) in [6.45, 7) is 4.71. The molecule has 0 aromatic heterocycles. The highest BCUT2D eigenvalue weighted by Crippen LogP contribution is 2.44. The lowest BCUT2D eigenvalue weighted by molar-refractivity contribution is -0.140. The maximum Gasteiger partial charge on any atom is 0.407 e. The summed E-state index contributed by atoms with van der Waals surface area (Å²) in [6.07, 6.45) is 0.216. The molecule has 0 aliphatic heterocycles. The van der Waals surface area contributed by atoms with Gasteiger partial charge in [0.15, 0.2) is 0 Å². The molecule has 1 aliphatic carbocycles. The molecule has 0 bridgehead atoms. The maximum atomic E-state index is 12.9. The molecule has 2 aromatic rings. The number of rotatable bonds is 11. The summed E-state index contributed by atoms with van der Waals surface area (Å²) in [4.78, 5) is 38.9. The van der Waals surface area contributed by atoms with Gasteiger partial charge in [-0.3, -0.25) is 9.59 Å². The summed E-state index contributed by atoms with van der Waals surface area (Å²) < 4.78 is 5.49. The van der Waals surface area contributed by atoms with Crippen LogP contribution in [0.3, 0.4) is 0 Å². The van der Waals surface area contributed by atoms with Gasteiger partial charge in [0.25, 0.3) is 0 Å². The van der Waals surface area contributed by atoms with Crippen molar-refractivity contribution in [3.63, 3.8) is 0 Å². The third-order valence-corrected chi connectivity index (χ3v) is 6.20. The molecule has 1 unspecified atom stereocenters. The number of hydrogen-bond acceptors (Lipinski definition) is 5. The minimum absolute atomic E-state index is 0.0807. The lowest BCUT2D eigenvalue weighted by atomic mass is 9.97. The Balaban J connectivity index is 1.62. The van der Waals surface area contributed by atoms with Crippen LogP contribution in [0.5, 0.6) is 0 Å². The number of carboxylic acid groups (broad SMARTS) is 1. The molecule has 1 atom stereocenters. The van der Waals surface area contributed by atoms with Crippen LogP contribution in [0.4, 0.5) is 4.79 Å². The lowest BCUT2D eigenvalue weighted by Gasteiger charge is -2.29. The van der Waals surface area contributed by atoms with Gasteiger partial charge in [0.05, 0.1) is 6.42 Å². The molecule has 0 fully saturated rings. The van der Waals surface area contributed by atoms with Crippen LogP contribution in [0, 0.1) is 0 Å². The Labute approximate surface area is 206 Å². The standard InChI is InChI=1S/C27H35N3O5/c1-27(2,14-9-15-30(3)4)29-25(33)23(16-24(31)32)28-26(34)35-17-22-20-12-7-5-10-18(20)19-11-6-8-13-21(19)22/h5-8,10-13,22-23H,9,14-17H2,1-4H3,(H,28,34)(H,29,33)(H,31,32). The molecule has 8 nitrogen and oxygen atoms in total. The van der Waals surface area contributed by atoms with Crippen LogP contribution < -0.4 is 10.6 Å². The molecule has 0 heterocycles. The van der Waals surface area contributed by atoms with Crippen molar-refractivity contribution in [2.75, 3.05) is 27.2 Å². The van der Waals surface area contributed by atoms with E-state index in [1.807, 2.05) is 76.5 Å². The summed E-state index contributed by atoms with van der Waals surface area (Å²) in [7, 11) is 3.96. The van der Waals surface area contributed by atoms with E-state index in [2.05, 4.69) is 15.5 Å². The number of nitrogens with one attached hydrogen (secondary N) is 2. The van der Waals surface area contributed by atoms with Crippen molar-refractivity contribution in [2.24, 2.45) is 0 Å². The highest BCUT2D eigenvalue weighted by molar-refractivity contribution is 5.89. The van der Waals surface area contributed by atoms with Gasteiger partial charge in [0, 0.05) is 11.5 Å². The van der Waals surface area contributed by atoms with Gasteiger partial charge in [-0.2, -0.15) is 0 Å². The Kier molecular flexibility index (Phi) is 8.51. The molecule has 8 heteroatoms. The molecule has 0 radical (unpaired) electrons. The first-order valence-electron chi connectivity index (χ1n) is 11.9. The van der Waals surface area contributed by atoms with E-state index in [0.717, 1.165) is 35.2 Å². The van der Waals surface area contributed by atoms with Gasteiger partial charge >= 0.3 is 12.1 Å². The van der Waals surface area contributed by atoms with Crippen molar-refractivity contribution in [1.82, 2.24) is 15.5 Å². The summed E-state index contributed by atoms with van der Waals surface area (Å²) in [5, 5.41) is 14.6. The quantitative estimate of drug-likeness (QED) is 0.453. The van der Waals surface area contributed by atoms with E-state index in [1.165, 1.54) is 0 Å². The average molecular weight is 482 g/mol. The Hall–Kier alpha value is -3.39. The van der Waals surface area contributed by atoms with Crippen molar-refractivity contribution < 1.29 is 24.2 Å². The zero-order chi connectivity index (χ0) is 25.6. The Morgan fingerprint density at radius 2 is 1.60 bits per heavy atom. The van der Waals surface area contributed by atoms with Gasteiger partial charge in [0.2, 0.25) is 5.91 Å². The van der Waals surface area contributed by atoms with E-state index in [4.69, 9.17) is 4.74 Å². The van der Waals surface area contributed by atoms with E-state index in [1.54, 1.807) is 0 Å². The number of hydrogen-bond donors (Lipinski definition) is 3. The van der Waals surface area contributed by atoms with Crippen LogP contribution in [0.2, 0.25) is 0 Å². The van der Waals surface area contributed by atoms with Crippen molar-refractivity contribution in [3.8, 4) is 11.1 Å². The summed E-state index contributed by atoms with van der Waals surface area (Å²) in [5.41, 5.74) is 3.81. The van der Waals surface area contributed by atoms with Gasteiger partial charge in [-0.05, 0) is 69.6 Å².